The molecule has 0 unspecified atom stereocenters. The van der Waals surface area contributed by atoms with Crippen molar-refractivity contribution in [2.75, 3.05) is 24.3 Å². The second kappa shape index (κ2) is 12.7. The van der Waals surface area contributed by atoms with Crippen LogP contribution in [0.25, 0.3) is 10.8 Å². The van der Waals surface area contributed by atoms with Crippen molar-refractivity contribution >= 4 is 49.3 Å². The fourth-order valence-corrected chi connectivity index (χ4v) is 6.60. The van der Waals surface area contributed by atoms with E-state index in [1.165, 1.54) is 11.3 Å². The summed E-state index contributed by atoms with van der Waals surface area (Å²) >= 11 is 1.53. The molecule has 0 saturated carbocycles. The smallest absolute Gasteiger partial charge is 0.241 e. The van der Waals surface area contributed by atoms with Crippen LogP contribution in [0.3, 0.4) is 0 Å². The quantitative estimate of drug-likeness (QED) is 0.110. The summed E-state index contributed by atoms with van der Waals surface area (Å²) in [5.41, 5.74) is 4.91. The van der Waals surface area contributed by atoms with E-state index in [1.54, 1.807) is 12.1 Å². The summed E-state index contributed by atoms with van der Waals surface area (Å²) in [6.07, 6.45) is 0. The summed E-state index contributed by atoms with van der Waals surface area (Å²) in [6, 6.07) is 30.9. The normalized spacial score (nSPS) is 11.5. The number of hydrogen-bond donors (Lipinski definition) is 4. The van der Waals surface area contributed by atoms with E-state index in [4.69, 9.17) is 5.41 Å². The predicted octanol–water partition coefficient (Wildman–Crippen LogP) is 6.17. The zero-order valence-corrected chi connectivity index (χ0v) is 24.6. The van der Waals surface area contributed by atoms with Crippen LogP contribution in [-0.2, 0) is 29.7 Å². The van der Waals surface area contributed by atoms with E-state index in [0.29, 0.717) is 24.3 Å². The lowest BCUT2D eigenvalue weighted by Crippen LogP contribution is -2.23. The molecular formula is C32H33N5O2S2. The molecule has 1 aromatic heterocycles. The lowest BCUT2D eigenvalue weighted by atomic mass is 10.1. The summed E-state index contributed by atoms with van der Waals surface area (Å²) in [5.74, 6) is 0.385. The Morgan fingerprint density at radius 3 is 2.17 bits per heavy atom. The molecule has 4 N–H and O–H groups in total. The van der Waals surface area contributed by atoms with Crippen LogP contribution in [0.2, 0.25) is 0 Å². The molecule has 1 heterocycles. The standard InChI is InChI=1S/C32H33N5O2S2/c1-37(2)29-14-5-13-28-27(29)12-6-16-31(28)41(38,39)35-22-24-9-3-8-23(18-24)20-34-21-25-10-4-11-26(19-25)36-32(33)30-15-7-17-40-30/h3-19,34-35H,20-22H2,1-2H3,(H2,33,36). The largest absolute Gasteiger partial charge is 0.377 e. The highest BCUT2D eigenvalue weighted by Gasteiger charge is 2.18. The third-order valence-corrected chi connectivity index (χ3v) is 9.06. The van der Waals surface area contributed by atoms with Crippen molar-refractivity contribution in [3.05, 3.63) is 124 Å². The molecule has 7 nitrogen and oxygen atoms in total. The number of fused-ring (bicyclic) bond motifs is 1. The number of thiophene rings is 1. The van der Waals surface area contributed by atoms with E-state index in [9.17, 15) is 8.42 Å². The molecule has 0 spiro atoms. The molecule has 210 valence electrons. The van der Waals surface area contributed by atoms with Crippen molar-refractivity contribution in [3.63, 3.8) is 0 Å². The SMILES string of the molecule is CN(C)c1cccc2c(S(=O)(=O)NCc3cccc(CNCc4cccc(NC(=N)c5cccs5)c4)c3)cccc12. The highest BCUT2D eigenvalue weighted by atomic mass is 32.2. The van der Waals surface area contributed by atoms with Crippen molar-refractivity contribution in [3.8, 4) is 0 Å². The van der Waals surface area contributed by atoms with Gasteiger partial charge in [0, 0.05) is 55.9 Å². The number of amidine groups is 1. The lowest BCUT2D eigenvalue weighted by molar-refractivity contribution is 0.582. The van der Waals surface area contributed by atoms with Crippen LogP contribution in [0.1, 0.15) is 21.6 Å². The Labute approximate surface area is 245 Å². The Kier molecular flexibility index (Phi) is 8.80. The number of sulfonamides is 1. The third kappa shape index (κ3) is 7.01. The second-order valence-electron chi connectivity index (χ2n) is 9.95. The van der Waals surface area contributed by atoms with E-state index in [-0.39, 0.29) is 11.4 Å². The summed E-state index contributed by atoms with van der Waals surface area (Å²) in [6.45, 7) is 1.50. The van der Waals surface area contributed by atoms with E-state index >= 15 is 0 Å². The van der Waals surface area contributed by atoms with Gasteiger partial charge in [-0.15, -0.1) is 11.3 Å². The number of hydrogen-bond acceptors (Lipinski definition) is 6. The van der Waals surface area contributed by atoms with Gasteiger partial charge in [0.2, 0.25) is 10.0 Å². The van der Waals surface area contributed by atoms with Gasteiger partial charge in [-0.05, 0) is 52.4 Å². The summed E-state index contributed by atoms with van der Waals surface area (Å²) in [7, 11) is 0.173. The first-order chi connectivity index (χ1) is 19.8. The van der Waals surface area contributed by atoms with Gasteiger partial charge in [-0.25, -0.2) is 13.1 Å². The fraction of sp³-hybridized carbons (Fsp3) is 0.156. The molecule has 5 rings (SSSR count). The van der Waals surface area contributed by atoms with Crippen LogP contribution in [0.15, 0.2) is 107 Å². The lowest BCUT2D eigenvalue weighted by Gasteiger charge is -2.17. The Hall–Kier alpha value is -4.02. The van der Waals surface area contributed by atoms with Gasteiger partial charge >= 0.3 is 0 Å². The number of benzene rings is 4. The van der Waals surface area contributed by atoms with Crippen LogP contribution in [-0.4, -0.2) is 28.3 Å². The molecule has 0 aliphatic heterocycles. The number of anilines is 2. The van der Waals surface area contributed by atoms with Crippen molar-refractivity contribution in [2.24, 2.45) is 0 Å². The molecule has 0 amide bonds. The van der Waals surface area contributed by atoms with Gasteiger partial charge in [-0.3, -0.25) is 5.41 Å². The summed E-state index contributed by atoms with van der Waals surface area (Å²) in [5, 5.41) is 18.4. The maximum atomic E-state index is 13.3. The maximum absolute atomic E-state index is 13.3. The van der Waals surface area contributed by atoms with E-state index < -0.39 is 10.0 Å². The topological polar surface area (TPSA) is 97.3 Å². The Balaban J connectivity index is 1.19. The molecule has 0 aliphatic rings. The Bertz CT molecular complexity index is 1770. The first kappa shape index (κ1) is 28.5. The van der Waals surface area contributed by atoms with Gasteiger partial charge in [0.05, 0.1) is 9.77 Å². The first-order valence-electron chi connectivity index (χ1n) is 13.3. The average molecular weight is 584 g/mol. The van der Waals surface area contributed by atoms with Crippen LogP contribution in [0.4, 0.5) is 11.4 Å². The Morgan fingerprint density at radius 2 is 1.44 bits per heavy atom. The second-order valence-corrected chi connectivity index (χ2v) is 12.6. The minimum Gasteiger partial charge on any atom is -0.377 e. The minimum atomic E-state index is -3.73. The molecular weight excluding hydrogens is 551 g/mol. The van der Waals surface area contributed by atoms with E-state index in [0.717, 1.165) is 38.3 Å². The first-order valence-corrected chi connectivity index (χ1v) is 15.6. The molecule has 41 heavy (non-hydrogen) atoms. The molecule has 4 aromatic carbocycles. The van der Waals surface area contributed by atoms with Gasteiger partial charge < -0.3 is 15.5 Å². The molecule has 0 fully saturated rings. The molecule has 9 heteroatoms. The maximum Gasteiger partial charge on any atom is 0.241 e. The van der Waals surface area contributed by atoms with Crippen molar-refractivity contribution in [1.82, 2.24) is 10.0 Å². The van der Waals surface area contributed by atoms with Gasteiger partial charge in [-0.1, -0.05) is 66.7 Å². The van der Waals surface area contributed by atoms with Crippen molar-refractivity contribution in [1.29, 1.82) is 5.41 Å². The van der Waals surface area contributed by atoms with Crippen LogP contribution < -0.4 is 20.3 Å². The number of rotatable bonds is 11. The monoisotopic (exact) mass is 583 g/mol. The van der Waals surface area contributed by atoms with Crippen LogP contribution in [0.5, 0.6) is 0 Å². The van der Waals surface area contributed by atoms with Crippen LogP contribution >= 0.6 is 11.3 Å². The van der Waals surface area contributed by atoms with Gasteiger partial charge in [-0.2, -0.15) is 0 Å². The molecule has 0 radical (unpaired) electrons. The highest BCUT2D eigenvalue weighted by molar-refractivity contribution is 7.89. The van der Waals surface area contributed by atoms with Gasteiger partial charge in [0.15, 0.2) is 0 Å². The zero-order valence-electron chi connectivity index (χ0n) is 23.0. The van der Waals surface area contributed by atoms with Crippen molar-refractivity contribution in [2.45, 2.75) is 24.5 Å². The molecule has 0 saturated heterocycles. The highest BCUT2D eigenvalue weighted by Crippen LogP contribution is 2.30. The number of nitrogens with zero attached hydrogens (tertiary/aromatic N) is 1. The summed E-state index contributed by atoms with van der Waals surface area (Å²) < 4.78 is 29.4. The average Bonchev–Trinajstić information content (AvgIpc) is 3.51. The van der Waals surface area contributed by atoms with Crippen molar-refractivity contribution < 1.29 is 8.42 Å². The zero-order chi connectivity index (χ0) is 28.8. The molecule has 0 atom stereocenters. The summed E-state index contributed by atoms with van der Waals surface area (Å²) in [4.78, 5) is 3.16. The third-order valence-electron chi connectivity index (χ3n) is 6.71. The fourth-order valence-electron chi connectivity index (χ4n) is 4.73. The minimum absolute atomic E-state index is 0.198. The van der Waals surface area contributed by atoms with E-state index in [1.807, 2.05) is 109 Å². The molecule has 0 bridgehead atoms. The molecule has 0 aliphatic carbocycles. The number of nitrogens with one attached hydrogen (secondary N) is 4. The molecule has 5 aromatic rings. The van der Waals surface area contributed by atoms with Crippen LogP contribution in [0, 0.1) is 5.41 Å². The van der Waals surface area contributed by atoms with E-state index in [2.05, 4.69) is 15.4 Å². The van der Waals surface area contributed by atoms with Gasteiger partial charge in [0.1, 0.15) is 5.84 Å². The predicted molar refractivity (Wildman–Crippen MR) is 170 cm³/mol. The Morgan fingerprint density at radius 1 is 0.780 bits per heavy atom. The van der Waals surface area contributed by atoms with Gasteiger partial charge in [0.25, 0.3) is 0 Å².